The third-order valence-electron chi connectivity index (χ3n) is 4.89. The smallest absolute Gasteiger partial charge is 0.325 e. The van der Waals surface area contributed by atoms with E-state index in [2.05, 4.69) is 10.6 Å². The first-order chi connectivity index (χ1) is 13.8. The van der Waals surface area contributed by atoms with Gasteiger partial charge in [-0.1, -0.05) is 59.6 Å². The lowest BCUT2D eigenvalue weighted by molar-refractivity contribution is -0.134. The van der Waals surface area contributed by atoms with E-state index in [0.29, 0.717) is 28.5 Å². The molecule has 1 atom stereocenters. The molecule has 8 heteroatoms. The first-order valence-electron chi connectivity index (χ1n) is 9.17. The normalized spacial score (nSPS) is 18.7. The molecule has 152 valence electrons. The number of benzene rings is 2. The number of imide groups is 1. The topological polar surface area (TPSA) is 78.5 Å². The zero-order chi connectivity index (χ0) is 21.0. The number of halogens is 2. The number of amides is 4. The Labute approximate surface area is 179 Å². The molecular formula is C21H21Cl2N3O3. The lowest BCUT2D eigenvalue weighted by atomic mass is 9.93. The number of carbonyl (C=O) groups excluding carboxylic acids is 3. The van der Waals surface area contributed by atoms with E-state index < -0.39 is 23.4 Å². The molecule has 2 aromatic rings. The predicted octanol–water partition coefficient (Wildman–Crippen LogP) is 3.55. The van der Waals surface area contributed by atoms with E-state index in [1.807, 2.05) is 30.3 Å². The van der Waals surface area contributed by atoms with Gasteiger partial charge in [0.1, 0.15) is 12.1 Å². The van der Waals surface area contributed by atoms with Gasteiger partial charge in [-0.15, -0.1) is 0 Å². The van der Waals surface area contributed by atoms with E-state index in [9.17, 15) is 14.4 Å². The van der Waals surface area contributed by atoms with Crippen LogP contribution in [-0.2, 0) is 22.6 Å². The summed E-state index contributed by atoms with van der Waals surface area (Å²) >= 11 is 11.9. The van der Waals surface area contributed by atoms with Gasteiger partial charge in [-0.25, -0.2) is 4.79 Å². The molecule has 0 bridgehead atoms. The molecule has 0 spiro atoms. The highest BCUT2D eigenvalue weighted by Crippen LogP contribution is 2.23. The van der Waals surface area contributed by atoms with Crippen molar-refractivity contribution in [1.29, 1.82) is 0 Å². The lowest BCUT2D eigenvalue weighted by Gasteiger charge is -2.21. The second-order valence-corrected chi connectivity index (χ2v) is 8.00. The zero-order valence-electron chi connectivity index (χ0n) is 15.9. The fraction of sp³-hybridized carbons (Fsp3) is 0.286. The summed E-state index contributed by atoms with van der Waals surface area (Å²) in [5.41, 5.74) is 0.730. The average molecular weight is 434 g/mol. The molecular weight excluding hydrogens is 413 g/mol. The van der Waals surface area contributed by atoms with Crippen LogP contribution in [-0.4, -0.2) is 34.8 Å². The maximum atomic E-state index is 12.8. The first-order valence-corrected chi connectivity index (χ1v) is 9.93. The van der Waals surface area contributed by atoms with Crippen molar-refractivity contribution in [2.24, 2.45) is 0 Å². The number of urea groups is 1. The van der Waals surface area contributed by atoms with Crippen molar-refractivity contribution in [1.82, 2.24) is 15.5 Å². The van der Waals surface area contributed by atoms with Crippen LogP contribution in [0.2, 0.25) is 10.0 Å². The largest absolute Gasteiger partial charge is 0.350 e. The van der Waals surface area contributed by atoms with E-state index in [-0.39, 0.29) is 13.1 Å². The molecule has 2 N–H and O–H groups in total. The quantitative estimate of drug-likeness (QED) is 0.655. The molecule has 1 fully saturated rings. The van der Waals surface area contributed by atoms with Gasteiger partial charge in [0.05, 0.1) is 0 Å². The summed E-state index contributed by atoms with van der Waals surface area (Å²) in [4.78, 5) is 38.3. The average Bonchev–Trinajstić information content (AvgIpc) is 2.90. The van der Waals surface area contributed by atoms with Crippen LogP contribution in [0.3, 0.4) is 0 Å². The van der Waals surface area contributed by atoms with Crippen molar-refractivity contribution < 1.29 is 14.4 Å². The summed E-state index contributed by atoms with van der Waals surface area (Å²) in [5.74, 6) is -0.857. The minimum Gasteiger partial charge on any atom is -0.350 e. The Kier molecular flexibility index (Phi) is 6.45. The van der Waals surface area contributed by atoms with Crippen LogP contribution in [0.15, 0.2) is 48.5 Å². The highest BCUT2D eigenvalue weighted by atomic mass is 35.5. The standard InChI is InChI=1S/C21H21Cl2N3O3/c1-21(10-9-14-5-3-2-4-6-14)19(28)26(20(29)25-21)13-18(27)24-12-15-7-8-16(22)11-17(15)23/h2-8,11H,9-10,12-13H2,1H3,(H,24,27)(H,25,29). The Balaban J connectivity index is 1.56. The molecule has 29 heavy (non-hydrogen) atoms. The van der Waals surface area contributed by atoms with Crippen molar-refractivity contribution in [3.63, 3.8) is 0 Å². The van der Waals surface area contributed by atoms with Gasteiger partial charge in [0.15, 0.2) is 0 Å². The molecule has 0 aromatic heterocycles. The maximum Gasteiger partial charge on any atom is 0.325 e. The summed E-state index contributed by atoms with van der Waals surface area (Å²) in [6.45, 7) is 1.50. The van der Waals surface area contributed by atoms with Crippen LogP contribution in [0, 0.1) is 0 Å². The molecule has 0 saturated carbocycles. The number of nitrogens with zero attached hydrogens (tertiary/aromatic N) is 1. The summed E-state index contributed by atoms with van der Waals surface area (Å²) in [7, 11) is 0. The van der Waals surface area contributed by atoms with Gasteiger partial charge in [-0.2, -0.15) is 0 Å². The Bertz CT molecular complexity index is 936. The molecule has 1 heterocycles. The van der Waals surface area contributed by atoms with E-state index >= 15 is 0 Å². The maximum absolute atomic E-state index is 12.8. The minimum absolute atomic E-state index is 0.170. The molecule has 4 amide bonds. The first kappa shape index (κ1) is 21.1. The Hall–Kier alpha value is -2.57. The molecule has 0 radical (unpaired) electrons. The molecule has 1 aliphatic rings. The molecule has 1 aliphatic heterocycles. The SMILES string of the molecule is CC1(CCc2ccccc2)NC(=O)N(CC(=O)NCc2ccc(Cl)cc2Cl)C1=O. The van der Waals surface area contributed by atoms with Crippen LogP contribution in [0.4, 0.5) is 4.79 Å². The van der Waals surface area contributed by atoms with Crippen LogP contribution in [0.5, 0.6) is 0 Å². The van der Waals surface area contributed by atoms with Gasteiger partial charge >= 0.3 is 6.03 Å². The second kappa shape index (κ2) is 8.84. The van der Waals surface area contributed by atoms with E-state index in [1.165, 1.54) is 0 Å². The summed E-state index contributed by atoms with van der Waals surface area (Å²) in [6.07, 6.45) is 1.08. The van der Waals surface area contributed by atoms with Crippen LogP contribution < -0.4 is 10.6 Å². The minimum atomic E-state index is -1.04. The lowest BCUT2D eigenvalue weighted by Crippen LogP contribution is -2.45. The van der Waals surface area contributed by atoms with E-state index in [4.69, 9.17) is 23.2 Å². The van der Waals surface area contributed by atoms with Gasteiger partial charge < -0.3 is 10.6 Å². The number of carbonyl (C=O) groups is 3. The molecule has 1 saturated heterocycles. The molecule has 1 unspecified atom stereocenters. The van der Waals surface area contributed by atoms with Gasteiger partial charge in [-0.3, -0.25) is 14.5 Å². The molecule has 6 nitrogen and oxygen atoms in total. The summed E-state index contributed by atoms with van der Waals surface area (Å²) in [5, 5.41) is 6.32. The van der Waals surface area contributed by atoms with Gasteiger partial charge in [-0.05, 0) is 43.0 Å². The Morgan fingerprint density at radius 1 is 1.14 bits per heavy atom. The van der Waals surface area contributed by atoms with Crippen molar-refractivity contribution in [2.45, 2.75) is 31.8 Å². The third-order valence-corrected chi connectivity index (χ3v) is 5.48. The summed E-state index contributed by atoms with van der Waals surface area (Å²) in [6, 6.07) is 14.1. The molecule has 2 aromatic carbocycles. The van der Waals surface area contributed by atoms with E-state index in [1.54, 1.807) is 25.1 Å². The van der Waals surface area contributed by atoms with Gasteiger partial charge in [0.25, 0.3) is 5.91 Å². The van der Waals surface area contributed by atoms with Crippen molar-refractivity contribution in [3.8, 4) is 0 Å². The van der Waals surface area contributed by atoms with E-state index in [0.717, 1.165) is 10.5 Å². The van der Waals surface area contributed by atoms with Crippen molar-refractivity contribution in [3.05, 3.63) is 69.7 Å². The third kappa shape index (κ3) is 5.08. The highest BCUT2D eigenvalue weighted by Gasteiger charge is 2.47. The van der Waals surface area contributed by atoms with Crippen molar-refractivity contribution in [2.75, 3.05) is 6.54 Å². The summed E-state index contributed by atoms with van der Waals surface area (Å²) < 4.78 is 0. The fourth-order valence-electron chi connectivity index (χ4n) is 3.16. The number of rotatable bonds is 7. The second-order valence-electron chi connectivity index (χ2n) is 7.15. The number of hydrogen-bond donors (Lipinski definition) is 2. The predicted molar refractivity (Wildman–Crippen MR) is 112 cm³/mol. The van der Waals surface area contributed by atoms with Crippen LogP contribution >= 0.6 is 23.2 Å². The highest BCUT2D eigenvalue weighted by molar-refractivity contribution is 6.35. The number of hydrogen-bond acceptors (Lipinski definition) is 3. The van der Waals surface area contributed by atoms with Gasteiger partial charge in [0.2, 0.25) is 5.91 Å². The van der Waals surface area contributed by atoms with Crippen LogP contribution in [0.1, 0.15) is 24.5 Å². The molecule has 3 rings (SSSR count). The van der Waals surface area contributed by atoms with Gasteiger partial charge in [0, 0.05) is 16.6 Å². The van der Waals surface area contributed by atoms with Crippen LogP contribution in [0.25, 0.3) is 0 Å². The zero-order valence-corrected chi connectivity index (χ0v) is 17.4. The fourth-order valence-corrected chi connectivity index (χ4v) is 3.63. The monoisotopic (exact) mass is 433 g/mol. The Morgan fingerprint density at radius 3 is 2.55 bits per heavy atom. The number of aryl methyl sites for hydroxylation is 1. The Morgan fingerprint density at radius 2 is 1.86 bits per heavy atom. The number of nitrogens with one attached hydrogen (secondary N) is 2. The van der Waals surface area contributed by atoms with Crippen molar-refractivity contribution >= 4 is 41.0 Å². The molecule has 0 aliphatic carbocycles.